The maximum atomic E-state index is 6.60. The maximum absolute atomic E-state index is 6.60. The van der Waals surface area contributed by atoms with E-state index in [1.165, 1.54) is 77.9 Å². The van der Waals surface area contributed by atoms with E-state index in [1.807, 2.05) is 6.07 Å². The summed E-state index contributed by atoms with van der Waals surface area (Å²) in [6.45, 7) is 0. The van der Waals surface area contributed by atoms with Gasteiger partial charge in [-0.05, 0) is 120 Å². The molecule has 1 heterocycles. The molecular weight excluding hydrogens is 775 g/mol. The van der Waals surface area contributed by atoms with E-state index in [-0.39, 0.29) is 0 Å². The third-order valence-corrected chi connectivity index (χ3v) is 14.6. The number of rotatable bonds is 4. The Morgan fingerprint density at radius 1 is 0.297 bits per heavy atom. The molecule has 2 nitrogen and oxygen atoms in total. The van der Waals surface area contributed by atoms with Gasteiger partial charge in [-0.2, -0.15) is 0 Å². The fourth-order valence-electron chi connectivity index (χ4n) is 12.1. The minimum Gasteiger partial charge on any atom is -0.454 e. The summed E-state index contributed by atoms with van der Waals surface area (Å²) in [6.07, 6.45) is 0. The van der Waals surface area contributed by atoms with Crippen LogP contribution in [-0.4, -0.2) is 0 Å². The first-order chi connectivity index (χ1) is 31.8. The van der Waals surface area contributed by atoms with Gasteiger partial charge in [0.2, 0.25) is 0 Å². The Bertz CT molecular complexity index is 3590. The highest BCUT2D eigenvalue weighted by Gasteiger charge is 2.58. The SMILES string of the molecule is c1ccc(N(c2ccc(-c3ccc4c(c3)C3(c5ccccc5-4)c4ccccc4C4(c5ccccc5-c5ccccc54)c4ccccc43)cc2)c2cccc3c2oc2ccccc23)cc1. The molecule has 2 heteroatoms. The lowest BCUT2D eigenvalue weighted by Crippen LogP contribution is -2.43. The van der Waals surface area contributed by atoms with Crippen molar-refractivity contribution in [1.29, 1.82) is 0 Å². The fourth-order valence-corrected chi connectivity index (χ4v) is 12.1. The van der Waals surface area contributed by atoms with Crippen molar-refractivity contribution in [3.63, 3.8) is 0 Å². The molecule has 0 aliphatic heterocycles. The molecule has 0 N–H and O–H groups in total. The van der Waals surface area contributed by atoms with Gasteiger partial charge < -0.3 is 9.32 Å². The van der Waals surface area contributed by atoms with Crippen LogP contribution in [0.25, 0.3) is 55.3 Å². The van der Waals surface area contributed by atoms with Crippen LogP contribution in [0.3, 0.4) is 0 Å². The number of furan rings is 1. The Morgan fingerprint density at radius 3 is 1.33 bits per heavy atom. The number of nitrogens with zero attached hydrogens (tertiary/aromatic N) is 1. The van der Waals surface area contributed by atoms with E-state index in [0.717, 1.165) is 39.0 Å². The fraction of sp³-hybridized carbons (Fsp3) is 0.0323. The van der Waals surface area contributed by atoms with Crippen molar-refractivity contribution in [2.75, 3.05) is 4.90 Å². The van der Waals surface area contributed by atoms with Gasteiger partial charge in [0, 0.05) is 22.1 Å². The second-order valence-electron chi connectivity index (χ2n) is 17.5. The van der Waals surface area contributed by atoms with Gasteiger partial charge in [-0.1, -0.05) is 194 Å². The molecule has 10 aromatic carbocycles. The lowest BCUT2D eigenvalue weighted by atomic mass is 9.52. The van der Waals surface area contributed by atoms with E-state index < -0.39 is 10.8 Å². The van der Waals surface area contributed by atoms with Crippen LogP contribution in [0.15, 0.2) is 241 Å². The van der Waals surface area contributed by atoms with Crippen molar-refractivity contribution in [1.82, 2.24) is 0 Å². The predicted octanol–water partition coefficient (Wildman–Crippen LogP) is 15.8. The molecule has 0 saturated heterocycles. The van der Waals surface area contributed by atoms with Crippen molar-refractivity contribution in [2.45, 2.75) is 10.8 Å². The number of para-hydroxylation sites is 3. The molecule has 298 valence electrons. The topological polar surface area (TPSA) is 16.4 Å². The predicted molar refractivity (Wildman–Crippen MR) is 262 cm³/mol. The first kappa shape index (κ1) is 35.4. The summed E-state index contributed by atoms with van der Waals surface area (Å²) >= 11 is 0. The van der Waals surface area contributed by atoms with Crippen molar-refractivity contribution >= 4 is 39.0 Å². The molecular formula is C62H39NO. The van der Waals surface area contributed by atoms with E-state index in [1.54, 1.807) is 0 Å². The lowest BCUT2D eigenvalue weighted by molar-refractivity contribution is 0.633. The van der Waals surface area contributed by atoms with Crippen LogP contribution in [-0.2, 0) is 10.8 Å². The standard InChI is InChI=1S/C62H39NO/c1-2-17-42(18-3-1)63(58-31-16-23-49-48-22-7-15-32-59(48)64-60(49)58)43-36-33-40(34-37-43)41-35-38-47-46-21-6-10-26-52(46)62(57(47)39-41)55-29-13-11-27-53(55)61(54-28-12-14-30-56(54)62)50-24-8-4-19-44(50)45-20-5-9-25-51(45)61/h1-39H. The molecule has 0 saturated carbocycles. The molecule has 3 aliphatic rings. The smallest absolute Gasteiger partial charge is 0.159 e. The summed E-state index contributed by atoms with van der Waals surface area (Å²) in [5.41, 5.74) is 22.2. The number of fused-ring (bicyclic) bond motifs is 19. The van der Waals surface area contributed by atoms with Crippen LogP contribution in [0.4, 0.5) is 17.1 Å². The molecule has 0 fully saturated rings. The second-order valence-corrected chi connectivity index (χ2v) is 17.5. The zero-order valence-corrected chi connectivity index (χ0v) is 34.9. The molecule has 0 radical (unpaired) electrons. The Labute approximate surface area is 372 Å². The van der Waals surface area contributed by atoms with Gasteiger partial charge in [-0.25, -0.2) is 0 Å². The summed E-state index contributed by atoms with van der Waals surface area (Å²) in [5, 5.41) is 2.23. The van der Waals surface area contributed by atoms with Gasteiger partial charge in [0.1, 0.15) is 5.58 Å². The van der Waals surface area contributed by atoms with Gasteiger partial charge in [-0.3, -0.25) is 0 Å². The zero-order valence-electron chi connectivity index (χ0n) is 34.9. The number of benzene rings is 10. The van der Waals surface area contributed by atoms with Crippen molar-refractivity contribution < 1.29 is 4.42 Å². The molecule has 1 aromatic heterocycles. The third kappa shape index (κ3) is 4.49. The van der Waals surface area contributed by atoms with Crippen LogP contribution in [0.1, 0.15) is 44.5 Å². The Balaban J connectivity index is 0.968. The molecule has 0 atom stereocenters. The van der Waals surface area contributed by atoms with Gasteiger partial charge in [0.25, 0.3) is 0 Å². The number of hydrogen-bond donors (Lipinski definition) is 0. The molecule has 0 bridgehead atoms. The van der Waals surface area contributed by atoms with E-state index in [4.69, 9.17) is 4.42 Å². The average molecular weight is 814 g/mol. The summed E-state index contributed by atoms with van der Waals surface area (Å²) in [6, 6.07) is 87.6. The molecule has 2 spiro atoms. The van der Waals surface area contributed by atoms with E-state index in [2.05, 4.69) is 235 Å². The highest BCUT2D eigenvalue weighted by molar-refractivity contribution is 6.10. The first-order valence-electron chi connectivity index (χ1n) is 22.3. The van der Waals surface area contributed by atoms with Crippen LogP contribution in [0.2, 0.25) is 0 Å². The molecule has 0 amide bonds. The van der Waals surface area contributed by atoms with Crippen molar-refractivity contribution in [3.05, 3.63) is 281 Å². The third-order valence-electron chi connectivity index (χ3n) is 14.6. The molecule has 3 aliphatic carbocycles. The van der Waals surface area contributed by atoms with Gasteiger partial charge in [-0.15, -0.1) is 0 Å². The molecule has 14 rings (SSSR count). The van der Waals surface area contributed by atoms with Crippen molar-refractivity contribution in [2.24, 2.45) is 0 Å². The molecule has 11 aromatic rings. The Kier molecular flexibility index (Phi) is 7.28. The summed E-state index contributed by atoms with van der Waals surface area (Å²) in [5.74, 6) is 0. The van der Waals surface area contributed by atoms with Crippen LogP contribution in [0, 0.1) is 0 Å². The highest BCUT2D eigenvalue weighted by Crippen LogP contribution is 2.67. The van der Waals surface area contributed by atoms with E-state index >= 15 is 0 Å². The van der Waals surface area contributed by atoms with Crippen LogP contribution < -0.4 is 4.90 Å². The average Bonchev–Trinajstić information content (AvgIpc) is 4.00. The summed E-state index contributed by atoms with van der Waals surface area (Å²) in [7, 11) is 0. The molecule has 64 heavy (non-hydrogen) atoms. The lowest BCUT2D eigenvalue weighted by Gasteiger charge is -2.48. The number of anilines is 3. The summed E-state index contributed by atoms with van der Waals surface area (Å²) < 4.78 is 6.60. The Morgan fingerprint density at radius 2 is 0.734 bits per heavy atom. The van der Waals surface area contributed by atoms with Gasteiger partial charge >= 0.3 is 0 Å². The first-order valence-corrected chi connectivity index (χ1v) is 22.3. The van der Waals surface area contributed by atoms with Crippen LogP contribution >= 0.6 is 0 Å². The summed E-state index contributed by atoms with van der Waals surface area (Å²) in [4.78, 5) is 2.31. The quantitative estimate of drug-likeness (QED) is 0.176. The van der Waals surface area contributed by atoms with Crippen molar-refractivity contribution in [3.8, 4) is 33.4 Å². The zero-order chi connectivity index (χ0) is 42.0. The van der Waals surface area contributed by atoms with E-state index in [0.29, 0.717) is 0 Å². The minimum atomic E-state index is -0.540. The number of hydrogen-bond acceptors (Lipinski definition) is 2. The monoisotopic (exact) mass is 813 g/mol. The normalized spacial score (nSPS) is 14.2. The molecule has 0 unspecified atom stereocenters. The maximum Gasteiger partial charge on any atom is 0.159 e. The van der Waals surface area contributed by atoms with Crippen LogP contribution in [0.5, 0.6) is 0 Å². The Hall–Kier alpha value is -8.20. The highest BCUT2D eigenvalue weighted by atomic mass is 16.3. The van der Waals surface area contributed by atoms with Gasteiger partial charge in [0.05, 0.1) is 16.5 Å². The largest absolute Gasteiger partial charge is 0.454 e. The minimum absolute atomic E-state index is 0.464. The van der Waals surface area contributed by atoms with Gasteiger partial charge in [0.15, 0.2) is 5.58 Å². The second kappa shape index (κ2) is 13.2. The van der Waals surface area contributed by atoms with E-state index in [9.17, 15) is 0 Å².